The topological polar surface area (TPSA) is 32.3 Å². The molecule has 0 radical (unpaired) electrons. The van der Waals surface area contributed by atoms with Gasteiger partial charge in [-0.25, -0.2) is 4.98 Å². The Kier molecular flexibility index (Phi) is 4.49. The summed E-state index contributed by atoms with van der Waals surface area (Å²) in [5.74, 6) is 1.55. The molecular weight excluding hydrogens is 320 g/mol. The predicted octanol–water partition coefficient (Wildman–Crippen LogP) is 4.29. The van der Waals surface area contributed by atoms with Gasteiger partial charge in [0.1, 0.15) is 5.82 Å². The van der Waals surface area contributed by atoms with E-state index in [1.165, 1.54) is 11.3 Å². The first-order valence-corrected chi connectivity index (χ1v) is 9.42. The molecule has 1 aromatic heterocycles. The van der Waals surface area contributed by atoms with Crippen molar-refractivity contribution < 1.29 is 0 Å². The molecule has 1 atom stereocenters. The molecule has 2 heterocycles. The van der Waals surface area contributed by atoms with Gasteiger partial charge in [0.15, 0.2) is 0 Å². The average Bonchev–Trinajstić information content (AvgIpc) is 2.68. The van der Waals surface area contributed by atoms with Gasteiger partial charge >= 0.3 is 0 Å². The van der Waals surface area contributed by atoms with Crippen molar-refractivity contribution in [1.82, 2.24) is 9.97 Å². The molecule has 0 N–H and O–H groups in total. The monoisotopic (exact) mass is 346 g/mol. The smallest absolute Gasteiger partial charge is 0.147 e. The van der Waals surface area contributed by atoms with Crippen LogP contribution in [0, 0.1) is 12.8 Å². The summed E-state index contributed by atoms with van der Waals surface area (Å²) in [7, 11) is 0. The second-order valence-electron chi connectivity index (χ2n) is 7.50. The molecule has 0 bridgehead atoms. The molecule has 4 nitrogen and oxygen atoms in total. The maximum atomic E-state index is 4.85. The number of benzene rings is 2. The van der Waals surface area contributed by atoms with Crippen molar-refractivity contribution in [2.75, 3.05) is 29.4 Å². The van der Waals surface area contributed by atoms with Gasteiger partial charge in [-0.3, -0.25) is 4.98 Å². The minimum Gasteiger partial charge on any atom is -0.365 e. The molecule has 1 aliphatic rings. The van der Waals surface area contributed by atoms with E-state index >= 15 is 0 Å². The molecule has 4 rings (SSSR count). The first-order chi connectivity index (χ1) is 12.6. The van der Waals surface area contributed by atoms with Gasteiger partial charge < -0.3 is 9.80 Å². The number of para-hydroxylation sites is 2. The van der Waals surface area contributed by atoms with E-state index in [4.69, 9.17) is 4.98 Å². The Morgan fingerprint density at radius 3 is 2.42 bits per heavy atom. The first kappa shape index (κ1) is 16.8. The standard InChI is InChI=1S/C22H26N4/c1-16(2)21-15-25(12-13-26(21)18-10-8-17(3)9-11-18)22-14-23-19-6-4-5-7-20(19)24-22/h4-11,14,16,21H,12-13,15H2,1-3H3. The average molecular weight is 346 g/mol. The van der Waals surface area contributed by atoms with Crippen LogP contribution in [0.3, 0.4) is 0 Å². The largest absolute Gasteiger partial charge is 0.365 e. The highest BCUT2D eigenvalue weighted by Gasteiger charge is 2.30. The molecule has 2 aromatic carbocycles. The number of hydrogen-bond acceptors (Lipinski definition) is 4. The summed E-state index contributed by atoms with van der Waals surface area (Å²) in [4.78, 5) is 14.4. The summed E-state index contributed by atoms with van der Waals surface area (Å²) in [5, 5.41) is 0. The van der Waals surface area contributed by atoms with Gasteiger partial charge in [0.2, 0.25) is 0 Å². The Bertz CT molecular complexity index is 888. The Morgan fingerprint density at radius 2 is 1.69 bits per heavy atom. The van der Waals surface area contributed by atoms with E-state index in [0.29, 0.717) is 12.0 Å². The number of nitrogens with zero attached hydrogens (tertiary/aromatic N) is 4. The highest BCUT2D eigenvalue weighted by atomic mass is 15.3. The lowest BCUT2D eigenvalue weighted by molar-refractivity contribution is 0.417. The van der Waals surface area contributed by atoms with Crippen LogP contribution in [-0.2, 0) is 0 Å². The summed E-state index contributed by atoms with van der Waals surface area (Å²) in [6.07, 6.45) is 1.92. The van der Waals surface area contributed by atoms with Crippen molar-refractivity contribution in [1.29, 1.82) is 0 Å². The summed E-state index contributed by atoms with van der Waals surface area (Å²) >= 11 is 0. The lowest BCUT2D eigenvalue weighted by Crippen LogP contribution is -2.55. The molecule has 1 fully saturated rings. The van der Waals surface area contributed by atoms with Crippen molar-refractivity contribution >= 4 is 22.5 Å². The van der Waals surface area contributed by atoms with Crippen LogP contribution >= 0.6 is 0 Å². The minimum absolute atomic E-state index is 0.458. The Labute approximate surface area is 155 Å². The fourth-order valence-electron chi connectivity index (χ4n) is 3.75. The highest BCUT2D eigenvalue weighted by Crippen LogP contribution is 2.27. The van der Waals surface area contributed by atoms with Crippen molar-refractivity contribution in [2.24, 2.45) is 5.92 Å². The molecule has 4 heteroatoms. The summed E-state index contributed by atoms with van der Waals surface area (Å²) in [6.45, 7) is 9.69. The minimum atomic E-state index is 0.458. The Balaban J connectivity index is 1.59. The third-order valence-corrected chi connectivity index (χ3v) is 5.31. The fourth-order valence-corrected chi connectivity index (χ4v) is 3.75. The second-order valence-corrected chi connectivity index (χ2v) is 7.50. The van der Waals surface area contributed by atoms with E-state index in [1.807, 2.05) is 30.5 Å². The van der Waals surface area contributed by atoms with Crippen LogP contribution < -0.4 is 9.80 Å². The van der Waals surface area contributed by atoms with Crippen LogP contribution in [0.2, 0.25) is 0 Å². The Hall–Kier alpha value is -2.62. The van der Waals surface area contributed by atoms with Crippen LogP contribution in [-0.4, -0.2) is 35.6 Å². The van der Waals surface area contributed by atoms with Gasteiger partial charge in [0.05, 0.1) is 17.2 Å². The first-order valence-electron chi connectivity index (χ1n) is 9.42. The number of fused-ring (bicyclic) bond motifs is 1. The molecule has 0 aliphatic carbocycles. The molecular formula is C22H26N4. The SMILES string of the molecule is Cc1ccc(N2CCN(c3cnc4ccccc4n3)CC2C(C)C)cc1. The molecule has 0 saturated carbocycles. The summed E-state index contributed by atoms with van der Waals surface area (Å²) in [6, 6.07) is 17.4. The van der Waals surface area contributed by atoms with Gasteiger partial charge in [0, 0.05) is 31.4 Å². The molecule has 26 heavy (non-hydrogen) atoms. The van der Waals surface area contributed by atoms with Crippen molar-refractivity contribution in [3.63, 3.8) is 0 Å². The summed E-state index contributed by atoms with van der Waals surface area (Å²) in [5.41, 5.74) is 4.54. The van der Waals surface area contributed by atoms with Crippen LogP contribution in [0.25, 0.3) is 11.0 Å². The van der Waals surface area contributed by atoms with Crippen LogP contribution in [0.1, 0.15) is 19.4 Å². The quantitative estimate of drug-likeness (QED) is 0.708. The number of aryl methyl sites for hydroxylation is 1. The fraction of sp³-hybridized carbons (Fsp3) is 0.364. The van der Waals surface area contributed by atoms with E-state index in [1.54, 1.807) is 0 Å². The zero-order valence-corrected chi connectivity index (χ0v) is 15.8. The number of rotatable bonds is 3. The zero-order chi connectivity index (χ0) is 18.1. The van der Waals surface area contributed by atoms with E-state index in [0.717, 1.165) is 36.5 Å². The van der Waals surface area contributed by atoms with Gasteiger partial charge in [-0.1, -0.05) is 43.7 Å². The second kappa shape index (κ2) is 6.94. The van der Waals surface area contributed by atoms with Gasteiger partial charge in [-0.15, -0.1) is 0 Å². The molecule has 0 spiro atoms. The highest BCUT2D eigenvalue weighted by molar-refractivity contribution is 5.75. The van der Waals surface area contributed by atoms with E-state index in [-0.39, 0.29) is 0 Å². The van der Waals surface area contributed by atoms with Gasteiger partial charge in [-0.2, -0.15) is 0 Å². The van der Waals surface area contributed by atoms with E-state index < -0.39 is 0 Å². The predicted molar refractivity (Wildman–Crippen MR) is 109 cm³/mol. The molecule has 3 aromatic rings. The maximum absolute atomic E-state index is 4.85. The lowest BCUT2D eigenvalue weighted by atomic mass is 9.98. The maximum Gasteiger partial charge on any atom is 0.147 e. The zero-order valence-electron chi connectivity index (χ0n) is 15.8. The molecule has 1 unspecified atom stereocenters. The molecule has 1 saturated heterocycles. The number of anilines is 2. The molecule has 134 valence electrons. The van der Waals surface area contributed by atoms with Crippen LogP contribution in [0.4, 0.5) is 11.5 Å². The molecule has 1 aliphatic heterocycles. The van der Waals surface area contributed by atoms with Crippen LogP contribution in [0.15, 0.2) is 54.7 Å². The lowest BCUT2D eigenvalue weighted by Gasteiger charge is -2.45. The third-order valence-electron chi connectivity index (χ3n) is 5.31. The van der Waals surface area contributed by atoms with E-state index in [9.17, 15) is 0 Å². The third kappa shape index (κ3) is 3.24. The van der Waals surface area contributed by atoms with Gasteiger partial charge in [0.25, 0.3) is 0 Å². The van der Waals surface area contributed by atoms with Crippen molar-refractivity contribution in [2.45, 2.75) is 26.8 Å². The number of aromatic nitrogens is 2. The Morgan fingerprint density at radius 1 is 0.962 bits per heavy atom. The van der Waals surface area contributed by atoms with E-state index in [2.05, 4.69) is 59.8 Å². The molecule has 0 amide bonds. The van der Waals surface area contributed by atoms with Gasteiger partial charge in [-0.05, 0) is 37.1 Å². The number of piperazine rings is 1. The van der Waals surface area contributed by atoms with Crippen molar-refractivity contribution in [3.8, 4) is 0 Å². The summed E-state index contributed by atoms with van der Waals surface area (Å²) < 4.78 is 0. The van der Waals surface area contributed by atoms with Crippen LogP contribution in [0.5, 0.6) is 0 Å². The number of hydrogen-bond donors (Lipinski definition) is 0. The van der Waals surface area contributed by atoms with Crippen molar-refractivity contribution in [3.05, 3.63) is 60.3 Å². The normalized spacial score (nSPS) is 17.9.